The molecule has 3 aromatic rings. The third kappa shape index (κ3) is 7.80. The number of nitrogens with one attached hydrogen (secondary N) is 1. The number of ether oxygens (including phenoxy) is 1. The summed E-state index contributed by atoms with van der Waals surface area (Å²) in [5.41, 5.74) is -3.81. The molecule has 3 fully saturated rings. The number of fused-ring (bicyclic) bond motifs is 3. The number of aryl methyl sites for hydroxylation is 1. The van der Waals surface area contributed by atoms with Crippen LogP contribution in [0.4, 0.5) is 17.6 Å². The number of alkyl halides is 3. The van der Waals surface area contributed by atoms with Gasteiger partial charge in [-0.15, -0.1) is 0 Å². The van der Waals surface area contributed by atoms with Crippen molar-refractivity contribution in [2.75, 3.05) is 6.54 Å². The van der Waals surface area contributed by atoms with Crippen molar-refractivity contribution in [2.24, 2.45) is 17.3 Å². The molecule has 2 saturated carbocycles. The summed E-state index contributed by atoms with van der Waals surface area (Å²) >= 11 is 0. The molecular formula is C38H41F4N5O8S. The van der Waals surface area contributed by atoms with Crippen molar-refractivity contribution in [3.05, 3.63) is 59.4 Å². The largest absolute Gasteiger partial charge is 0.471 e. The maximum Gasteiger partial charge on any atom is 0.438 e. The number of aromatic nitrogens is 3. The molecule has 0 spiro atoms. The van der Waals surface area contributed by atoms with Crippen LogP contribution in [0.5, 0.6) is 5.88 Å². The Hall–Kier alpha value is -4.74. The van der Waals surface area contributed by atoms with E-state index in [0.29, 0.717) is 44.3 Å². The van der Waals surface area contributed by atoms with Crippen LogP contribution in [-0.2, 0) is 30.6 Å². The molecule has 7 rings (SSSR count). The van der Waals surface area contributed by atoms with Gasteiger partial charge in [0, 0.05) is 31.2 Å². The number of benzene rings is 1. The molecule has 1 saturated heterocycles. The van der Waals surface area contributed by atoms with E-state index in [2.05, 4.69) is 19.8 Å². The number of carbonyl (C=O) groups excluding carboxylic acids is 4. The normalized spacial score (nSPS) is 27.4. The first-order valence-electron chi connectivity index (χ1n) is 18.6. The van der Waals surface area contributed by atoms with Crippen LogP contribution in [0.3, 0.4) is 0 Å². The molecule has 13 nitrogen and oxygen atoms in total. The fraction of sp³-hybridized carbons (Fsp3) is 0.553. The summed E-state index contributed by atoms with van der Waals surface area (Å²) in [6.07, 6.45) is -0.0909. The number of ketones is 2. The third-order valence-corrected chi connectivity index (χ3v) is 13.6. The maximum atomic E-state index is 14.7. The summed E-state index contributed by atoms with van der Waals surface area (Å²) in [5.74, 6) is -5.64. The molecule has 2 aromatic heterocycles. The zero-order valence-electron chi connectivity index (χ0n) is 30.7. The first-order chi connectivity index (χ1) is 26.4. The third-order valence-electron chi connectivity index (χ3n) is 11.5. The number of allylic oxidation sites excluding steroid dienone is 2. The second kappa shape index (κ2) is 14.6. The Bertz CT molecular complexity index is 2220. The molecule has 4 aliphatic rings. The quantitative estimate of drug-likeness (QED) is 0.165. The second-order valence-corrected chi connectivity index (χ2v) is 17.9. The highest BCUT2D eigenvalue weighted by atomic mass is 32.2. The molecule has 5 atom stereocenters. The Labute approximate surface area is 319 Å². The standard InChI is InChI=1S/C38H41F4N5O8S/c1-21-15-27(45-55-21)29(48)16-22-9-6-4-3-5-7-10-23-18-37(23,35(51)46-56(52,53)36(2)13-14-36)19-30(49)28-17-24(20-47(28)34(22)50)54-33-32(38(40,41)42)43-26-12-8-11-25(39)31(26)44-33/h7-8,10-12,15,22-24,28H,3-6,9,13-14,16-20H2,1-2H3,(H,46,51)/b10-7-/t22-,23-,24-,28+,37-/m1/s1. The van der Waals surface area contributed by atoms with Crippen molar-refractivity contribution >= 4 is 44.4 Å². The Morgan fingerprint density at radius 2 is 1.89 bits per heavy atom. The van der Waals surface area contributed by atoms with Crippen molar-refractivity contribution in [1.82, 2.24) is 24.7 Å². The second-order valence-electron chi connectivity index (χ2n) is 15.7. The van der Waals surface area contributed by atoms with Crippen LogP contribution < -0.4 is 9.46 Å². The van der Waals surface area contributed by atoms with Gasteiger partial charge in [-0.05, 0) is 70.4 Å². The molecule has 0 unspecified atom stereocenters. The summed E-state index contributed by atoms with van der Waals surface area (Å²) in [4.78, 5) is 64.8. The van der Waals surface area contributed by atoms with E-state index >= 15 is 0 Å². The van der Waals surface area contributed by atoms with Crippen molar-refractivity contribution in [1.29, 1.82) is 0 Å². The van der Waals surface area contributed by atoms with Crippen molar-refractivity contribution in [3.63, 3.8) is 0 Å². The first-order valence-corrected chi connectivity index (χ1v) is 20.1. The van der Waals surface area contributed by atoms with Crippen molar-refractivity contribution in [3.8, 4) is 5.88 Å². The molecule has 56 heavy (non-hydrogen) atoms. The van der Waals surface area contributed by atoms with Crippen LogP contribution in [0, 0.1) is 30.0 Å². The van der Waals surface area contributed by atoms with Crippen LogP contribution in [-0.4, -0.2) is 75.3 Å². The number of Topliss-reactive ketones (excluding diaryl/α,β-unsaturated/α-hetero) is 2. The molecular weight excluding hydrogens is 763 g/mol. The van der Waals surface area contributed by atoms with Crippen LogP contribution in [0.2, 0.25) is 0 Å². The summed E-state index contributed by atoms with van der Waals surface area (Å²) in [7, 11) is -4.07. The van der Waals surface area contributed by atoms with E-state index in [9.17, 15) is 45.2 Å². The fourth-order valence-electron chi connectivity index (χ4n) is 7.70. The van der Waals surface area contributed by atoms with Gasteiger partial charge in [-0.1, -0.05) is 36.2 Å². The van der Waals surface area contributed by atoms with Gasteiger partial charge in [-0.3, -0.25) is 23.9 Å². The van der Waals surface area contributed by atoms with Crippen molar-refractivity contribution in [2.45, 2.75) is 108 Å². The first kappa shape index (κ1) is 39.5. The number of halogens is 4. The van der Waals surface area contributed by atoms with E-state index in [-0.39, 0.29) is 36.9 Å². The van der Waals surface area contributed by atoms with Gasteiger partial charge in [0.2, 0.25) is 33.4 Å². The van der Waals surface area contributed by atoms with Gasteiger partial charge < -0.3 is 14.2 Å². The van der Waals surface area contributed by atoms with Crippen LogP contribution in [0.15, 0.2) is 40.9 Å². The van der Waals surface area contributed by atoms with Gasteiger partial charge in [-0.25, -0.2) is 22.8 Å². The Kier molecular flexibility index (Phi) is 10.3. The molecule has 0 bridgehead atoms. The molecule has 1 N–H and O–H groups in total. The van der Waals surface area contributed by atoms with Crippen LogP contribution in [0.1, 0.15) is 99.5 Å². The number of amides is 2. The Morgan fingerprint density at radius 1 is 1.12 bits per heavy atom. The van der Waals surface area contributed by atoms with Crippen molar-refractivity contribution < 1.29 is 54.4 Å². The van der Waals surface area contributed by atoms with Crippen LogP contribution in [0.25, 0.3) is 11.0 Å². The van der Waals surface area contributed by atoms with Gasteiger partial charge >= 0.3 is 6.18 Å². The van der Waals surface area contributed by atoms with Gasteiger partial charge in [0.25, 0.3) is 0 Å². The summed E-state index contributed by atoms with van der Waals surface area (Å²) in [6.45, 7) is 2.72. The van der Waals surface area contributed by atoms with Gasteiger partial charge in [0.05, 0.1) is 28.3 Å². The highest BCUT2D eigenvalue weighted by Gasteiger charge is 2.62. The average molecular weight is 804 g/mol. The average Bonchev–Trinajstić information content (AvgIpc) is 3.93. The summed E-state index contributed by atoms with van der Waals surface area (Å²) in [5, 5.41) is 3.77. The Morgan fingerprint density at radius 3 is 2.59 bits per heavy atom. The number of hydrogen-bond acceptors (Lipinski definition) is 11. The van der Waals surface area contributed by atoms with E-state index in [1.807, 2.05) is 6.08 Å². The number of nitrogens with zero attached hydrogens (tertiary/aromatic N) is 4. The number of sulfonamides is 1. The van der Waals surface area contributed by atoms with Crippen LogP contribution >= 0.6 is 0 Å². The molecule has 2 amide bonds. The van der Waals surface area contributed by atoms with Gasteiger partial charge in [-0.2, -0.15) is 13.2 Å². The number of hydrogen-bond donors (Lipinski definition) is 1. The highest BCUT2D eigenvalue weighted by molar-refractivity contribution is 7.91. The smallest absolute Gasteiger partial charge is 0.438 e. The van der Waals surface area contributed by atoms with E-state index in [1.165, 1.54) is 30.0 Å². The fourth-order valence-corrected chi connectivity index (χ4v) is 9.03. The predicted molar refractivity (Wildman–Crippen MR) is 190 cm³/mol. The van der Waals surface area contributed by atoms with E-state index in [4.69, 9.17) is 9.26 Å². The minimum Gasteiger partial charge on any atom is -0.471 e. The molecule has 2 aliphatic carbocycles. The van der Waals surface area contributed by atoms with Gasteiger partial charge in [0.15, 0.2) is 17.4 Å². The van der Waals surface area contributed by atoms with E-state index < -0.39 is 110 Å². The minimum absolute atomic E-state index is 0.0103. The zero-order chi connectivity index (χ0) is 40.2. The lowest BCUT2D eigenvalue weighted by atomic mass is 9.90. The summed E-state index contributed by atoms with van der Waals surface area (Å²) < 4.78 is 95.8. The lowest BCUT2D eigenvalue weighted by Gasteiger charge is -2.29. The molecule has 0 radical (unpaired) electrons. The summed E-state index contributed by atoms with van der Waals surface area (Å²) in [6, 6.07) is 3.45. The lowest BCUT2D eigenvalue weighted by Crippen LogP contribution is -2.47. The number of para-hydroxylation sites is 1. The number of rotatable bonds is 8. The molecule has 1 aromatic carbocycles. The molecule has 18 heteroatoms. The highest BCUT2D eigenvalue weighted by Crippen LogP contribution is 2.57. The predicted octanol–water partition coefficient (Wildman–Crippen LogP) is 5.81. The minimum atomic E-state index is -5.08. The van der Waals surface area contributed by atoms with E-state index in [0.717, 1.165) is 6.07 Å². The topological polar surface area (TPSA) is 179 Å². The van der Waals surface area contributed by atoms with Gasteiger partial charge in [0.1, 0.15) is 23.1 Å². The maximum absolute atomic E-state index is 14.7. The molecule has 300 valence electrons. The SMILES string of the molecule is Cc1cc(C(=O)C[C@H]2CCCCC/C=C\[C@@H]3C[C@@]3(C(=O)NS(=O)(=O)C3(C)CC3)CC(=O)[C@@H]3C[C@@H](Oc4nc5c(F)cccc5nc4C(F)(F)F)CN3C2=O)no1. The monoisotopic (exact) mass is 803 g/mol. The zero-order valence-corrected chi connectivity index (χ0v) is 31.6. The molecule has 2 aliphatic heterocycles. The molecule has 4 heterocycles. The number of carbonyl (C=O) groups is 4. The van der Waals surface area contributed by atoms with E-state index in [1.54, 1.807) is 13.0 Å². The lowest BCUT2D eigenvalue weighted by molar-refractivity contribution is -0.143. The Balaban J connectivity index is 1.23.